The number of anilines is 2. The molecule has 0 amide bonds. The molecule has 0 aliphatic heterocycles. The predicted octanol–water partition coefficient (Wildman–Crippen LogP) is 2.15. The number of nitrogens with two attached hydrogens (primary N) is 1. The second-order valence-electron chi connectivity index (χ2n) is 3.85. The number of hydrogen-bond acceptors (Lipinski definition) is 5. The van der Waals surface area contributed by atoms with Crippen LogP contribution in [0.15, 0.2) is 35.1 Å². The van der Waals surface area contributed by atoms with E-state index < -0.39 is 0 Å². The molecule has 0 saturated heterocycles. The first-order valence-corrected chi connectivity index (χ1v) is 5.67. The van der Waals surface area contributed by atoms with Gasteiger partial charge in [0.1, 0.15) is 17.6 Å². The van der Waals surface area contributed by atoms with Gasteiger partial charge in [-0.3, -0.25) is 0 Å². The summed E-state index contributed by atoms with van der Waals surface area (Å²) in [5.41, 5.74) is 6.60. The minimum absolute atomic E-state index is 0.475. The third-order valence-corrected chi connectivity index (χ3v) is 2.62. The molecule has 2 aromatic heterocycles. The van der Waals surface area contributed by atoms with Gasteiger partial charge in [-0.25, -0.2) is 4.98 Å². The number of nitriles is 1. The van der Waals surface area contributed by atoms with E-state index in [9.17, 15) is 0 Å². The number of aromatic nitrogens is 1. The molecular weight excluding hydrogens is 228 g/mol. The summed E-state index contributed by atoms with van der Waals surface area (Å²) in [5.74, 6) is 1.46. The van der Waals surface area contributed by atoms with Crippen LogP contribution in [-0.4, -0.2) is 11.5 Å². The van der Waals surface area contributed by atoms with Gasteiger partial charge in [-0.05, 0) is 25.1 Å². The zero-order valence-electron chi connectivity index (χ0n) is 10.1. The molecule has 2 rings (SSSR count). The minimum atomic E-state index is 0.475. The van der Waals surface area contributed by atoms with Crippen molar-refractivity contribution >= 4 is 11.5 Å². The lowest BCUT2D eigenvalue weighted by atomic mass is 10.2. The van der Waals surface area contributed by atoms with Crippen LogP contribution in [0.5, 0.6) is 0 Å². The second-order valence-corrected chi connectivity index (χ2v) is 3.85. The maximum absolute atomic E-state index is 9.12. The molecular formula is C13H14N4O. The standard InChI is InChI=1S/C13H14N4O/c1-2-17(9-12-4-3-5-18-12)13-10(7-14)6-11(15)8-16-13/h3-6,8H,2,9,15H2,1H3. The highest BCUT2D eigenvalue weighted by atomic mass is 16.3. The van der Waals surface area contributed by atoms with E-state index in [4.69, 9.17) is 15.4 Å². The summed E-state index contributed by atoms with van der Waals surface area (Å²) < 4.78 is 5.31. The average molecular weight is 242 g/mol. The Labute approximate surface area is 105 Å². The van der Waals surface area contributed by atoms with Gasteiger partial charge in [-0.1, -0.05) is 0 Å². The normalized spacial score (nSPS) is 10.0. The zero-order chi connectivity index (χ0) is 13.0. The summed E-state index contributed by atoms with van der Waals surface area (Å²) in [6.07, 6.45) is 3.19. The molecule has 0 unspecified atom stereocenters. The van der Waals surface area contributed by atoms with Crippen LogP contribution in [0.25, 0.3) is 0 Å². The number of nitrogen functional groups attached to an aromatic ring is 1. The molecule has 92 valence electrons. The third kappa shape index (κ3) is 2.43. The average Bonchev–Trinajstić information content (AvgIpc) is 2.89. The summed E-state index contributed by atoms with van der Waals surface area (Å²) in [6.45, 7) is 3.31. The van der Waals surface area contributed by atoms with Crippen molar-refractivity contribution in [3.05, 3.63) is 42.0 Å². The van der Waals surface area contributed by atoms with E-state index in [1.807, 2.05) is 24.0 Å². The van der Waals surface area contributed by atoms with E-state index in [1.165, 1.54) is 0 Å². The van der Waals surface area contributed by atoms with Crippen LogP contribution in [0.3, 0.4) is 0 Å². The lowest BCUT2D eigenvalue weighted by Gasteiger charge is -2.21. The van der Waals surface area contributed by atoms with E-state index >= 15 is 0 Å². The highest BCUT2D eigenvalue weighted by Crippen LogP contribution is 2.21. The fourth-order valence-corrected chi connectivity index (χ4v) is 1.74. The Morgan fingerprint density at radius 3 is 3.00 bits per heavy atom. The third-order valence-electron chi connectivity index (χ3n) is 2.62. The van der Waals surface area contributed by atoms with Crippen LogP contribution >= 0.6 is 0 Å². The second kappa shape index (κ2) is 5.23. The summed E-state index contributed by atoms with van der Waals surface area (Å²) in [6, 6.07) is 7.48. The molecule has 0 fully saturated rings. The molecule has 5 heteroatoms. The molecule has 18 heavy (non-hydrogen) atoms. The van der Waals surface area contributed by atoms with E-state index in [0.717, 1.165) is 12.3 Å². The predicted molar refractivity (Wildman–Crippen MR) is 68.8 cm³/mol. The number of nitrogens with zero attached hydrogens (tertiary/aromatic N) is 3. The highest BCUT2D eigenvalue weighted by Gasteiger charge is 2.13. The van der Waals surface area contributed by atoms with Crippen LogP contribution in [0.1, 0.15) is 18.2 Å². The van der Waals surface area contributed by atoms with Gasteiger partial charge < -0.3 is 15.1 Å². The van der Waals surface area contributed by atoms with Crippen molar-refractivity contribution < 1.29 is 4.42 Å². The molecule has 0 bridgehead atoms. The molecule has 0 radical (unpaired) electrons. The Hall–Kier alpha value is -2.48. The summed E-state index contributed by atoms with van der Waals surface area (Å²) in [7, 11) is 0. The fraction of sp³-hybridized carbons (Fsp3) is 0.231. The van der Waals surface area contributed by atoms with Gasteiger partial charge in [-0.15, -0.1) is 0 Å². The molecule has 0 saturated carbocycles. The van der Waals surface area contributed by atoms with Gasteiger partial charge in [0.25, 0.3) is 0 Å². The summed E-state index contributed by atoms with van der Waals surface area (Å²) in [4.78, 5) is 6.21. The van der Waals surface area contributed by atoms with Gasteiger partial charge in [-0.2, -0.15) is 5.26 Å². The molecule has 2 aromatic rings. The topological polar surface area (TPSA) is 79.1 Å². The zero-order valence-corrected chi connectivity index (χ0v) is 10.1. The molecule has 5 nitrogen and oxygen atoms in total. The van der Waals surface area contributed by atoms with Crippen molar-refractivity contribution in [2.24, 2.45) is 0 Å². The van der Waals surface area contributed by atoms with Crippen LogP contribution < -0.4 is 10.6 Å². The van der Waals surface area contributed by atoms with Crippen molar-refractivity contribution in [3.63, 3.8) is 0 Å². The van der Waals surface area contributed by atoms with E-state index in [0.29, 0.717) is 23.6 Å². The first-order chi connectivity index (χ1) is 8.74. The highest BCUT2D eigenvalue weighted by molar-refractivity contribution is 5.58. The van der Waals surface area contributed by atoms with Crippen molar-refractivity contribution in [1.82, 2.24) is 4.98 Å². The fourth-order valence-electron chi connectivity index (χ4n) is 1.74. The smallest absolute Gasteiger partial charge is 0.147 e. The molecule has 0 aliphatic rings. The van der Waals surface area contributed by atoms with E-state index in [2.05, 4.69) is 11.1 Å². The molecule has 0 spiro atoms. The monoisotopic (exact) mass is 242 g/mol. The van der Waals surface area contributed by atoms with Crippen molar-refractivity contribution in [2.75, 3.05) is 17.2 Å². The number of pyridine rings is 1. The van der Waals surface area contributed by atoms with Gasteiger partial charge in [0.15, 0.2) is 0 Å². The van der Waals surface area contributed by atoms with Gasteiger partial charge in [0.2, 0.25) is 0 Å². The van der Waals surface area contributed by atoms with E-state index in [-0.39, 0.29) is 0 Å². The van der Waals surface area contributed by atoms with Crippen molar-refractivity contribution in [1.29, 1.82) is 5.26 Å². The number of hydrogen-bond donors (Lipinski definition) is 1. The van der Waals surface area contributed by atoms with Crippen LogP contribution in [-0.2, 0) is 6.54 Å². The Morgan fingerprint density at radius 1 is 1.56 bits per heavy atom. The number of rotatable bonds is 4. The maximum atomic E-state index is 9.12. The van der Waals surface area contributed by atoms with Gasteiger partial charge in [0.05, 0.1) is 30.3 Å². The largest absolute Gasteiger partial charge is 0.467 e. The Bertz CT molecular complexity index is 557. The lowest BCUT2D eigenvalue weighted by Crippen LogP contribution is -2.23. The summed E-state index contributed by atoms with van der Waals surface area (Å²) in [5, 5.41) is 9.12. The first-order valence-electron chi connectivity index (χ1n) is 5.67. The first kappa shape index (κ1) is 12.0. The van der Waals surface area contributed by atoms with Crippen molar-refractivity contribution in [3.8, 4) is 6.07 Å². The minimum Gasteiger partial charge on any atom is -0.467 e. The maximum Gasteiger partial charge on any atom is 0.147 e. The van der Waals surface area contributed by atoms with Crippen LogP contribution in [0, 0.1) is 11.3 Å². The van der Waals surface area contributed by atoms with Crippen molar-refractivity contribution in [2.45, 2.75) is 13.5 Å². The lowest BCUT2D eigenvalue weighted by molar-refractivity contribution is 0.503. The Kier molecular flexibility index (Phi) is 3.49. The molecule has 2 heterocycles. The molecule has 0 aromatic carbocycles. The molecule has 0 aliphatic carbocycles. The van der Waals surface area contributed by atoms with Crippen LogP contribution in [0.4, 0.5) is 11.5 Å². The summed E-state index contributed by atoms with van der Waals surface area (Å²) >= 11 is 0. The molecule has 0 atom stereocenters. The number of furan rings is 1. The van der Waals surface area contributed by atoms with E-state index in [1.54, 1.807) is 18.5 Å². The quantitative estimate of drug-likeness (QED) is 0.888. The molecule has 2 N–H and O–H groups in total. The Balaban J connectivity index is 2.30. The Morgan fingerprint density at radius 2 is 2.39 bits per heavy atom. The van der Waals surface area contributed by atoms with Crippen LogP contribution in [0.2, 0.25) is 0 Å². The SMILES string of the molecule is CCN(Cc1ccco1)c1ncc(N)cc1C#N. The van der Waals surface area contributed by atoms with Gasteiger partial charge in [0, 0.05) is 6.54 Å². The van der Waals surface area contributed by atoms with Gasteiger partial charge >= 0.3 is 0 Å².